The Hall–Kier alpha value is -1.43. The number of benzene rings is 1. The molecule has 18 heavy (non-hydrogen) atoms. The average molecular weight is 263 g/mol. The zero-order valence-corrected chi connectivity index (χ0v) is 10.4. The van der Waals surface area contributed by atoms with Crippen LogP contribution in [0.15, 0.2) is 30.3 Å². The van der Waals surface area contributed by atoms with E-state index in [1.807, 2.05) is 30.3 Å². The first kappa shape index (κ1) is 11.6. The highest BCUT2D eigenvalue weighted by Gasteiger charge is 2.33. The molecule has 3 rings (SSSR count). The van der Waals surface area contributed by atoms with Gasteiger partial charge in [-0.1, -0.05) is 18.2 Å². The molecule has 1 aliphatic rings. The molecule has 1 aromatic heterocycles. The Kier molecular flexibility index (Phi) is 2.81. The van der Waals surface area contributed by atoms with E-state index in [1.54, 1.807) is 0 Å². The van der Waals surface area contributed by atoms with E-state index in [1.165, 1.54) is 16.2 Å². The first-order chi connectivity index (χ1) is 8.65. The standard InChI is InChI=1S/C13H13NO3S/c15-9-6-14(7-10(9)16)13(17)12-5-8-3-1-2-4-11(8)18-12/h1-5,9-10,15-16H,6-7H2. The molecule has 2 N–H and O–H groups in total. The summed E-state index contributed by atoms with van der Waals surface area (Å²) in [6.45, 7) is 0.405. The van der Waals surface area contributed by atoms with E-state index in [-0.39, 0.29) is 19.0 Å². The van der Waals surface area contributed by atoms with Crippen molar-refractivity contribution in [2.75, 3.05) is 13.1 Å². The van der Waals surface area contributed by atoms with Gasteiger partial charge in [0.2, 0.25) is 0 Å². The fourth-order valence-corrected chi connectivity index (χ4v) is 3.21. The maximum absolute atomic E-state index is 12.2. The van der Waals surface area contributed by atoms with Gasteiger partial charge in [-0.3, -0.25) is 4.79 Å². The molecule has 2 aromatic rings. The Morgan fingerprint density at radius 2 is 1.89 bits per heavy atom. The van der Waals surface area contributed by atoms with Crippen LogP contribution in [-0.2, 0) is 0 Å². The van der Waals surface area contributed by atoms with Gasteiger partial charge in [-0.25, -0.2) is 0 Å². The molecule has 2 unspecified atom stereocenters. The van der Waals surface area contributed by atoms with Crippen molar-refractivity contribution >= 4 is 27.3 Å². The van der Waals surface area contributed by atoms with Crippen molar-refractivity contribution in [2.24, 2.45) is 0 Å². The van der Waals surface area contributed by atoms with Crippen molar-refractivity contribution in [3.05, 3.63) is 35.2 Å². The van der Waals surface area contributed by atoms with Crippen LogP contribution < -0.4 is 0 Å². The minimum absolute atomic E-state index is 0.119. The molecule has 4 nitrogen and oxygen atoms in total. The number of aliphatic hydroxyl groups is 2. The van der Waals surface area contributed by atoms with Gasteiger partial charge in [-0.05, 0) is 17.5 Å². The highest BCUT2D eigenvalue weighted by Crippen LogP contribution is 2.27. The highest BCUT2D eigenvalue weighted by atomic mass is 32.1. The summed E-state index contributed by atoms with van der Waals surface area (Å²) >= 11 is 1.44. The van der Waals surface area contributed by atoms with Crippen LogP contribution in [0.2, 0.25) is 0 Å². The van der Waals surface area contributed by atoms with Gasteiger partial charge < -0.3 is 15.1 Å². The molecule has 94 valence electrons. The van der Waals surface area contributed by atoms with Gasteiger partial charge in [-0.15, -0.1) is 11.3 Å². The van der Waals surface area contributed by atoms with Crippen molar-refractivity contribution in [1.29, 1.82) is 0 Å². The molecule has 0 spiro atoms. The van der Waals surface area contributed by atoms with E-state index in [0.717, 1.165) is 10.1 Å². The first-order valence-corrected chi connectivity index (χ1v) is 6.61. The van der Waals surface area contributed by atoms with E-state index in [2.05, 4.69) is 0 Å². The molecule has 0 aliphatic carbocycles. The van der Waals surface area contributed by atoms with E-state index in [0.29, 0.717) is 4.88 Å². The predicted octanol–water partition coefficient (Wildman–Crippen LogP) is 1.08. The summed E-state index contributed by atoms with van der Waals surface area (Å²) in [6.07, 6.45) is -1.66. The van der Waals surface area contributed by atoms with Crippen LogP contribution in [0.1, 0.15) is 9.67 Å². The summed E-state index contributed by atoms with van der Waals surface area (Å²) in [5.41, 5.74) is 0. The van der Waals surface area contributed by atoms with Crippen LogP contribution in [0.4, 0.5) is 0 Å². The molecule has 1 amide bonds. The number of nitrogens with zero attached hydrogens (tertiary/aromatic N) is 1. The number of carbonyl (C=O) groups is 1. The molecule has 0 saturated carbocycles. The van der Waals surface area contributed by atoms with Crippen molar-refractivity contribution in [2.45, 2.75) is 12.2 Å². The normalized spacial score (nSPS) is 23.8. The lowest BCUT2D eigenvalue weighted by atomic mass is 10.2. The minimum atomic E-state index is -0.830. The predicted molar refractivity (Wildman–Crippen MR) is 69.7 cm³/mol. The summed E-state index contributed by atoms with van der Waals surface area (Å²) < 4.78 is 1.07. The third kappa shape index (κ3) is 1.90. The second kappa shape index (κ2) is 4.35. The number of rotatable bonds is 1. The van der Waals surface area contributed by atoms with E-state index in [9.17, 15) is 15.0 Å². The lowest BCUT2D eigenvalue weighted by molar-refractivity contribution is 0.0572. The topological polar surface area (TPSA) is 60.8 Å². The van der Waals surface area contributed by atoms with Gasteiger partial charge in [0.25, 0.3) is 5.91 Å². The molecule has 2 atom stereocenters. The SMILES string of the molecule is O=C(c1cc2ccccc2s1)N1CC(O)C(O)C1. The Balaban J connectivity index is 1.88. The lowest BCUT2D eigenvalue weighted by Crippen LogP contribution is -2.29. The molecule has 1 fully saturated rings. The Bertz CT molecular complexity index is 552. The lowest BCUT2D eigenvalue weighted by Gasteiger charge is -2.13. The second-order valence-electron chi connectivity index (χ2n) is 4.49. The number of likely N-dealkylation sites (tertiary alicyclic amines) is 1. The van der Waals surface area contributed by atoms with Crippen molar-refractivity contribution in [3.8, 4) is 0 Å². The number of hydrogen-bond acceptors (Lipinski definition) is 4. The van der Waals surface area contributed by atoms with Crippen LogP contribution in [0.5, 0.6) is 0 Å². The maximum Gasteiger partial charge on any atom is 0.264 e. The second-order valence-corrected chi connectivity index (χ2v) is 5.58. The number of thiophene rings is 1. The fraction of sp³-hybridized carbons (Fsp3) is 0.308. The maximum atomic E-state index is 12.2. The fourth-order valence-electron chi connectivity index (χ4n) is 2.18. The number of hydrogen-bond donors (Lipinski definition) is 2. The van der Waals surface area contributed by atoms with E-state index >= 15 is 0 Å². The van der Waals surface area contributed by atoms with Gasteiger partial charge in [0.1, 0.15) is 0 Å². The van der Waals surface area contributed by atoms with E-state index < -0.39 is 12.2 Å². The van der Waals surface area contributed by atoms with Gasteiger partial charge >= 0.3 is 0 Å². The van der Waals surface area contributed by atoms with Gasteiger partial charge in [0, 0.05) is 17.8 Å². The van der Waals surface area contributed by atoms with E-state index in [4.69, 9.17) is 0 Å². The van der Waals surface area contributed by atoms with Crippen LogP contribution in [0.3, 0.4) is 0 Å². The summed E-state index contributed by atoms with van der Waals surface area (Å²) in [4.78, 5) is 14.4. The smallest absolute Gasteiger partial charge is 0.264 e. The van der Waals surface area contributed by atoms with Crippen LogP contribution in [-0.4, -0.2) is 46.3 Å². The molecule has 0 radical (unpaired) electrons. The van der Waals surface area contributed by atoms with Crippen LogP contribution >= 0.6 is 11.3 Å². The van der Waals surface area contributed by atoms with Gasteiger partial charge in [-0.2, -0.15) is 0 Å². The average Bonchev–Trinajstić information content (AvgIpc) is 2.93. The molecule has 5 heteroatoms. The Morgan fingerprint density at radius 3 is 2.56 bits per heavy atom. The highest BCUT2D eigenvalue weighted by molar-refractivity contribution is 7.20. The van der Waals surface area contributed by atoms with Crippen LogP contribution in [0, 0.1) is 0 Å². The summed E-state index contributed by atoms with van der Waals surface area (Å²) in [5.74, 6) is -0.119. The first-order valence-electron chi connectivity index (χ1n) is 5.79. The third-order valence-electron chi connectivity index (χ3n) is 3.18. The van der Waals surface area contributed by atoms with Gasteiger partial charge in [0.15, 0.2) is 0 Å². The number of carbonyl (C=O) groups excluding carboxylic acids is 1. The number of aliphatic hydroxyl groups excluding tert-OH is 2. The number of fused-ring (bicyclic) bond motifs is 1. The molecule has 2 heterocycles. The molecule has 0 bridgehead atoms. The third-order valence-corrected chi connectivity index (χ3v) is 4.29. The molecular formula is C13H13NO3S. The Labute approximate surface area is 108 Å². The zero-order chi connectivity index (χ0) is 12.7. The number of β-amino-alcohol motifs (C(OH)–C–C–N with tert-alkyl or cyclic N) is 2. The minimum Gasteiger partial charge on any atom is -0.388 e. The Morgan fingerprint density at radius 1 is 1.22 bits per heavy atom. The van der Waals surface area contributed by atoms with Crippen LogP contribution in [0.25, 0.3) is 10.1 Å². The molecule has 1 aromatic carbocycles. The molecule has 1 saturated heterocycles. The molecule has 1 aliphatic heterocycles. The van der Waals surface area contributed by atoms with Crippen molar-refractivity contribution in [3.63, 3.8) is 0 Å². The summed E-state index contributed by atoms with van der Waals surface area (Å²) in [6, 6.07) is 9.68. The zero-order valence-electron chi connectivity index (χ0n) is 9.61. The summed E-state index contributed by atoms with van der Waals surface area (Å²) in [5, 5.41) is 20.0. The summed E-state index contributed by atoms with van der Waals surface area (Å²) in [7, 11) is 0. The monoisotopic (exact) mass is 263 g/mol. The molecular weight excluding hydrogens is 250 g/mol. The van der Waals surface area contributed by atoms with Gasteiger partial charge in [0.05, 0.1) is 17.1 Å². The quantitative estimate of drug-likeness (QED) is 0.809. The van der Waals surface area contributed by atoms with Crippen molar-refractivity contribution < 1.29 is 15.0 Å². The largest absolute Gasteiger partial charge is 0.388 e. The number of amides is 1. The van der Waals surface area contributed by atoms with Crippen molar-refractivity contribution in [1.82, 2.24) is 4.90 Å².